The molecule has 1 aliphatic rings. The van der Waals surface area contributed by atoms with Crippen LogP contribution in [0, 0.1) is 0 Å². The monoisotopic (exact) mass is 354 g/mol. The van der Waals surface area contributed by atoms with Gasteiger partial charge in [0, 0.05) is 18.9 Å². The largest absolute Gasteiger partial charge is 0.504 e. The maximum absolute atomic E-state index is 11.8. The summed E-state index contributed by atoms with van der Waals surface area (Å²) in [6.45, 7) is 0. The van der Waals surface area contributed by atoms with Gasteiger partial charge in [0.05, 0.1) is 6.10 Å². The highest BCUT2D eigenvalue weighted by atomic mass is 16.6. The van der Waals surface area contributed by atoms with Crippen molar-refractivity contribution in [2.75, 3.05) is 0 Å². The zero-order chi connectivity index (χ0) is 18.8. The molecule has 0 radical (unpaired) electrons. The Morgan fingerprint density at radius 3 is 2.44 bits per heavy atom. The van der Waals surface area contributed by atoms with Crippen LogP contribution < -0.4 is 0 Å². The molecular formula is C16H18O9. The molecule has 6 N–H and O–H groups in total. The van der Waals surface area contributed by atoms with Crippen molar-refractivity contribution in [3.63, 3.8) is 0 Å². The number of phenols is 2. The molecule has 1 aromatic rings. The SMILES string of the molecule is O=C(/C=C\c1ccc(O)c(O)c1)O[C@@H]1CC(O)(C(=O)O)C[C@@H](O)C1O. The van der Waals surface area contributed by atoms with E-state index in [2.05, 4.69) is 0 Å². The molecule has 2 unspecified atom stereocenters. The molecule has 0 aromatic heterocycles. The van der Waals surface area contributed by atoms with Crippen LogP contribution in [0.2, 0.25) is 0 Å². The smallest absolute Gasteiger partial charge is 0.335 e. The lowest BCUT2D eigenvalue weighted by atomic mass is 9.79. The number of aliphatic hydroxyl groups excluding tert-OH is 2. The number of benzene rings is 1. The second-order valence-electron chi connectivity index (χ2n) is 5.86. The van der Waals surface area contributed by atoms with Gasteiger partial charge in [0.1, 0.15) is 12.2 Å². The molecule has 136 valence electrons. The average Bonchev–Trinajstić information content (AvgIpc) is 2.53. The first-order valence-electron chi connectivity index (χ1n) is 7.35. The molecule has 1 aliphatic carbocycles. The van der Waals surface area contributed by atoms with Crippen molar-refractivity contribution in [1.29, 1.82) is 0 Å². The number of phenolic OH excluding ortho intramolecular Hbond substituents is 2. The van der Waals surface area contributed by atoms with Crippen LogP contribution in [0.4, 0.5) is 0 Å². The topological polar surface area (TPSA) is 165 Å². The van der Waals surface area contributed by atoms with Crippen LogP contribution in [0.25, 0.3) is 6.08 Å². The lowest BCUT2D eigenvalue weighted by molar-refractivity contribution is -0.196. The first-order chi connectivity index (χ1) is 11.6. The van der Waals surface area contributed by atoms with Crippen LogP contribution in [0.1, 0.15) is 18.4 Å². The number of aliphatic hydroxyl groups is 3. The number of hydrogen-bond acceptors (Lipinski definition) is 8. The lowest BCUT2D eigenvalue weighted by Crippen LogP contribution is -2.57. The summed E-state index contributed by atoms with van der Waals surface area (Å²) in [4.78, 5) is 22.9. The number of esters is 1. The van der Waals surface area contributed by atoms with Gasteiger partial charge in [-0.05, 0) is 23.8 Å². The summed E-state index contributed by atoms with van der Waals surface area (Å²) in [7, 11) is 0. The Balaban J connectivity index is 2.06. The summed E-state index contributed by atoms with van der Waals surface area (Å²) < 4.78 is 4.92. The number of carboxylic acid groups (broad SMARTS) is 1. The average molecular weight is 354 g/mol. The first-order valence-corrected chi connectivity index (χ1v) is 7.35. The van der Waals surface area contributed by atoms with E-state index < -0.39 is 48.7 Å². The number of carboxylic acids is 1. The van der Waals surface area contributed by atoms with E-state index in [0.717, 1.165) is 6.08 Å². The third kappa shape index (κ3) is 4.27. The Kier molecular flexibility index (Phi) is 5.31. The van der Waals surface area contributed by atoms with Gasteiger partial charge in [-0.3, -0.25) is 0 Å². The van der Waals surface area contributed by atoms with E-state index in [-0.39, 0.29) is 11.5 Å². The van der Waals surface area contributed by atoms with Crippen LogP contribution in [-0.2, 0) is 14.3 Å². The van der Waals surface area contributed by atoms with Crippen molar-refractivity contribution in [3.8, 4) is 11.5 Å². The second-order valence-corrected chi connectivity index (χ2v) is 5.86. The van der Waals surface area contributed by atoms with Crippen molar-refractivity contribution in [2.24, 2.45) is 0 Å². The number of carbonyl (C=O) groups excluding carboxylic acids is 1. The number of aliphatic carboxylic acids is 1. The predicted molar refractivity (Wildman–Crippen MR) is 82.5 cm³/mol. The quantitative estimate of drug-likeness (QED) is 0.234. The summed E-state index contributed by atoms with van der Waals surface area (Å²) >= 11 is 0. The van der Waals surface area contributed by atoms with Crippen LogP contribution in [0.15, 0.2) is 24.3 Å². The van der Waals surface area contributed by atoms with E-state index in [9.17, 15) is 35.1 Å². The molecule has 0 heterocycles. The number of rotatable bonds is 4. The van der Waals surface area contributed by atoms with Gasteiger partial charge in [-0.25, -0.2) is 9.59 Å². The molecular weight excluding hydrogens is 336 g/mol. The Morgan fingerprint density at radius 1 is 1.16 bits per heavy atom. The molecule has 1 saturated carbocycles. The third-order valence-corrected chi connectivity index (χ3v) is 3.94. The number of hydrogen-bond donors (Lipinski definition) is 6. The minimum absolute atomic E-state index is 0.327. The van der Waals surface area contributed by atoms with E-state index in [0.29, 0.717) is 5.56 Å². The Hall–Kier alpha value is -2.62. The minimum Gasteiger partial charge on any atom is -0.504 e. The van der Waals surface area contributed by atoms with Crippen molar-refractivity contribution < 1.29 is 45.0 Å². The molecule has 1 fully saturated rings. The van der Waals surface area contributed by atoms with Crippen LogP contribution >= 0.6 is 0 Å². The van der Waals surface area contributed by atoms with Gasteiger partial charge >= 0.3 is 11.9 Å². The molecule has 0 amide bonds. The summed E-state index contributed by atoms with van der Waals surface area (Å²) in [5, 5.41) is 57.0. The van der Waals surface area contributed by atoms with Crippen molar-refractivity contribution >= 4 is 18.0 Å². The first kappa shape index (κ1) is 18.7. The lowest BCUT2D eigenvalue weighted by Gasteiger charge is -2.39. The number of ether oxygens (including phenoxy) is 1. The van der Waals surface area contributed by atoms with Gasteiger partial charge in [-0.2, -0.15) is 0 Å². The second kappa shape index (κ2) is 7.09. The molecule has 4 atom stereocenters. The van der Waals surface area contributed by atoms with E-state index >= 15 is 0 Å². The van der Waals surface area contributed by atoms with Crippen molar-refractivity contribution in [2.45, 2.75) is 36.8 Å². The summed E-state index contributed by atoms with van der Waals surface area (Å²) in [5.41, 5.74) is -1.94. The molecule has 9 nitrogen and oxygen atoms in total. The highest BCUT2D eigenvalue weighted by Gasteiger charge is 2.50. The highest BCUT2D eigenvalue weighted by Crippen LogP contribution is 2.31. The molecule has 1 aromatic carbocycles. The minimum atomic E-state index is -2.31. The van der Waals surface area contributed by atoms with Gasteiger partial charge < -0.3 is 35.4 Å². The zero-order valence-electron chi connectivity index (χ0n) is 12.9. The fourth-order valence-electron chi connectivity index (χ4n) is 2.53. The van der Waals surface area contributed by atoms with Crippen LogP contribution in [-0.4, -0.2) is 66.5 Å². The standard InChI is InChI=1S/C16H18O9/c17-9-3-1-8(5-10(9)18)2-4-13(20)25-12-7-16(24,15(22)23)6-11(19)14(12)21/h1-5,11-12,14,17-19,21,24H,6-7H2,(H,22,23)/b4-2-/t11-,12-,14?,16?/m1/s1. The van der Waals surface area contributed by atoms with Crippen LogP contribution in [0.5, 0.6) is 11.5 Å². The molecule has 2 rings (SSSR count). The Bertz CT molecular complexity index is 699. The maximum atomic E-state index is 11.8. The van der Waals surface area contributed by atoms with Crippen molar-refractivity contribution in [1.82, 2.24) is 0 Å². The fourth-order valence-corrected chi connectivity index (χ4v) is 2.53. The normalized spacial score (nSPS) is 29.5. The molecule has 0 spiro atoms. The summed E-state index contributed by atoms with van der Waals surface area (Å²) in [6, 6.07) is 3.83. The van der Waals surface area contributed by atoms with Gasteiger partial charge in [0.25, 0.3) is 0 Å². The van der Waals surface area contributed by atoms with E-state index in [1.54, 1.807) is 0 Å². The van der Waals surface area contributed by atoms with E-state index in [4.69, 9.17) is 9.84 Å². The predicted octanol–water partition coefficient (Wildman–Crippen LogP) is -0.646. The van der Waals surface area contributed by atoms with Crippen molar-refractivity contribution in [3.05, 3.63) is 29.8 Å². The van der Waals surface area contributed by atoms with E-state index in [1.165, 1.54) is 24.3 Å². The molecule has 9 heteroatoms. The summed E-state index contributed by atoms with van der Waals surface area (Å²) in [6.07, 6.45) is -3.44. The van der Waals surface area contributed by atoms with Gasteiger partial charge in [-0.1, -0.05) is 6.07 Å². The zero-order valence-corrected chi connectivity index (χ0v) is 12.9. The van der Waals surface area contributed by atoms with Gasteiger partial charge in [0.2, 0.25) is 0 Å². The fraction of sp³-hybridized carbons (Fsp3) is 0.375. The van der Waals surface area contributed by atoms with E-state index in [1.807, 2.05) is 0 Å². The van der Waals surface area contributed by atoms with Crippen LogP contribution in [0.3, 0.4) is 0 Å². The third-order valence-electron chi connectivity index (χ3n) is 3.94. The summed E-state index contributed by atoms with van der Waals surface area (Å²) in [5.74, 6) is -3.24. The highest BCUT2D eigenvalue weighted by molar-refractivity contribution is 5.87. The Morgan fingerprint density at radius 2 is 1.84 bits per heavy atom. The molecule has 0 bridgehead atoms. The van der Waals surface area contributed by atoms with Gasteiger partial charge in [0.15, 0.2) is 17.1 Å². The Labute approximate surface area is 142 Å². The molecule has 0 aliphatic heterocycles. The molecule has 25 heavy (non-hydrogen) atoms. The number of carbonyl (C=O) groups is 2. The maximum Gasteiger partial charge on any atom is 0.335 e. The molecule has 0 saturated heterocycles. The number of aromatic hydroxyl groups is 2. The van der Waals surface area contributed by atoms with Gasteiger partial charge in [-0.15, -0.1) is 0 Å².